The van der Waals surface area contributed by atoms with Crippen molar-refractivity contribution in [1.82, 2.24) is 20.0 Å². The summed E-state index contributed by atoms with van der Waals surface area (Å²) < 4.78 is 14.9. The molecule has 1 N–H and O–H groups in total. The molecule has 1 aliphatic rings. The van der Waals surface area contributed by atoms with Gasteiger partial charge in [0.2, 0.25) is 5.91 Å². The maximum Gasteiger partial charge on any atom is 0.253 e. The molecule has 2 amide bonds. The van der Waals surface area contributed by atoms with Crippen LogP contribution in [0.2, 0.25) is 0 Å². The number of nitrogens with zero attached hydrogens (tertiary/aromatic N) is 3. The van der Waals surface area contributed by atoms with Crippen LogP contribution in [0.25, 0.3) is 5.69 Å². The molecule has 160 valence electrons. The zero-order chi connectivity index (χ0) is 21.6. The van der Waals surface area contributed by atoms with E-state index in [1.807, 2.05) is 47.4 Å². The molecule has 2 heterocycles. The molecule has 2 aromatic carbocycles. The topological polar surface area (TPSA) is 67.2 Å². The Labute approximate surface area is 180 Å². The van der Waals surface area contributed by atoms with Gasteiger partial charge in [0, 0.05) is 31.4 Å². The van der Waals surface area contributed by atoms with E-state index in [0.717, 1.165) is 24.1 Å². The van der Waals surface area contributed by atoms with Crippen molar-refractivity contribution in [2.45, 2.75) is 19.3 Å². The number of hydrogen-bond donors (Lipinski definition) is 1. The van der Waals surface area contributed by atoms with Gasteiger partial charge in [0.1, 0.15) is 5.82 Å². The molecule has 6 nitrogen and oxygen atoms in total. The lowest BCUT2D eigenvalue weighted by molar-refractivity contribution is -0.126. The first-order valence-corrected chi connectivity index (χ1v) is 10.5. The molecule has 1 aliphatic heterocycles. The highest BCUT2D eigenvalue weighted by Gasteiger charge is 2.28. The summed E-state index contributed by atoms with van der Waals surface area (Å²) in [5.41, 5.74) is 2.48. The minimum atomic E-state index is -0.373. The summed E-state index contributed by atoms with van der Waals surface area (Å²) in [6.45, 7) is 1.51. The molecule has 0 bridgehead atoms. The summed E-state index contributed by atoms with van der Waals surface area (Å²) in [6, 6.07) is 15.4. The Bertz CT molecular complexity index is 1030. The number of benzene rings is 2. The van der Waals surface area contributed by atoms with Gasteiger partial charge in [-0.05, 0) is 61.2 Å². The van der Waals surface area contributed by atoms with Crippen LogP contribution in [0.5, 0.6) is 0 Å². The number of nitrogens with one attached hydrogen (secondary N) is 1. The highest BCUT2D eigenvalue weighted by molar-refractivity contribution is 5.94. The molecule has 1 aromatic heterocycles. The van der Waals surface area contributed by atoms with Crippen LogP contribution in [0.3, 0.4) is 0 Å². The summed E-state index contributed by atoms with van der Waals surface area (Å²) in [5.74, 6) is -0.801. The van der Waals surface area contributed by atoms with E-state index in [4.69, 9.17) is 0 Å². The minimum absolute atomic E-state index is 0.0351. The summed E-state index contributed by atoms with van der Waals surface area (Å²) in [7, 11) is 0. The van der Waals surface area contributed by atoms with Crippen molar-refractivity contribution in [2.75, 3.05) is 19.6 Å². The first-order valence-electron chi connectivity index (χ1n) is 10.5. The van der Waals surface area contributed by atoms with Gasteiger partial charge in [-0.1, -0.05) is 18.2 Å². The Morgan fingerprint density at radius 3 is 2.65 bits per heavy atom. The fourth-order valence-corrected chi connectivity index (χ4v) is 3.84. The second-order valence-corrected chi connectivity index (χ2v) is 7.77. The minimum Gasteiger partial charge on any atom is -0.355 e. The van der Waals surface area contributed by atoms with E-state index in [-0.39, 0.29) is 23.5 Å². The molecule has 0 spiro atoms. The molecule has 0 aliphatic carbocycles. The molecule has 31 heavy (non-hydrogen) atoms. The van der Waals surface area contributed by atoms with Gasteiger partial charge in [-0.2, -0.15) is 5.10 Å². The van der Waals surface area contributed by atoms with Crippen LogP contribution in [0.4, 0.5) is 4.39 Å². The maximum absolute atomic E-state index is 13.1. The van der Waals surface area contributed by atoms with Gasteiger partial charge >= 0.3 is 0 Å². The molecular formula is C24H25FN4O2. The van der Waals surface area contributed by atoms with E-state index < -0.39 is 0 Å². The number of piperidine rings is 1. The summed E-state index contributed by atoms with van der Waals surface area (Å²) >= 11 is 0. The number of rotatable bonds is 6. The molecule has 1 fully saturated rings. The Morgan fingerprint density at radius 2 is 1.87 bits per heavy atom. The normalized spacial score (nSPS) is 16.2. The molecule has 4 rings (SSSR count). The number of hydrogen-bond acceptors (Lipinski definition) is 3. The fraction of sp³-hybridized carbons (Fsp3) is 0.292. The van der Waals surface area contributed by atoms with Gasteiger partial charge in [-0.25, -0.2) is 9.07 Å². The van der Waals surface area contributed by atoms with Crippen molar-refractivity contribution < 1.29 is 14.0 Å². The SMILES string of the molecule is O=C(NCCc1cnn(-c2ccccc2)c1)C1CCCN(C(=O)c2ccc(F)cc2)C1. The second kappa shape index (κ2) is 9.55. The van der Waals surface area contributed by atoms with Crippen LogP contribution in [0.1, 0.15) is 28.8 Å². The number of amides is 2. The number of aromatic nitrogens is 2. The average molecular weight is 420 g/mol. The van der Waals surface area contributed by atoms with Crippen molar-refractivity contribution in [1.29, 1.82) is 0 Å². The average Bonchev–Trinajstić information content (AvgIpc) is 3.29. The predicted molar refractivity (Wildman–Crippen MR) is 115 cm³/mol. The molecular weight excluding hydrogens is 395 g/mol. The Balaban J connectivity index is 1.27. The first kappa shape index (κ1) is 20.8. The summed E-state index contributed by atoms with van der Waals surface area (Å²) in [6.07, 6.45) is 5.98. The highest BCUT2D eigenvalue weighted by atomic mass is 19.1. The molecule has 1 atom stereocenters. The van der Waals surface area contributed by atoms with Crippen molar-refractivity contribution >= 4 is 11.8 Å². The Kier molecular flexibility index (Phi) is 6.40. The van der Waals surface area contributed by atoms with E-state index >= 15 is 0 Å². The van der Waals surface area contributed by atoms with Crippen LogP contribution in [-0.4, -0.2) is 46.1 Å². The monoisotopic (exact) mass is 420 g/mol. The van der Waals surface area contributed by atoms with Gasteiger partial charge in [-0.15, -0.1) is 0 Å². The second-order valence-electron chi connectivity index (χ2n) is 7.77. The lowest BCUT2D eigenvalue weighted by Crippen LogP contribution is -2.45. The zero-order valence-corrected chi connectivity index (χ0v) is 17.2. The molecule has 3 aromatic rings. The fourth-order valence-electron chi connectivity index (χ4n) is 3.84. The quantitative estimate of drug-likeness (QED) is 0.666. The van der Waals surface area contributed by atoms with Crippen LogP contribution in [0.15, 0.2) is 67.0 Å². The maximum atomic E-state index is 13.1. The number of likely N-dealkylation sites (tertiary alicyclic amines) is 1. The van der Waals surface area contributed by atoms with Crippen LogP contribution in [-0.2, 0) is 11.2 Å². The third-order valence-corrected chi connectivity index (χ3v) is 5.54. The van der Waals surface area contributed by atoms with Gasteiger partial charge in [0.15, 0.2) is 0 Å². The van der Waals surface area contributed by atoms with E-state index in [0.29, 0.717) is 31.6 Å². The predicted octanol–water partition coefficient (Wildman–Crippen LogP) is 3.22. The lowest BCUT2D eigenvalue weighted by Gasteiger charge is -2.32. The number of carbonyl (C=O) groups excluding carboxylic acids is 2. The van der Waals surface area contributed by atoms with Crippen LogP contribution < -0.4 is 5.32 Å². The lowest BCUT2D eigenvalue weighted by atomic mass is 9.96. The van der Waals surface area contributed by atoms with Crippen LogP contribution in [0, 0.1) is 11.7 Å². The molecule has 7 heteroatoms. The van der Waals surface area contributed by atoms with Crippen molar-refractivity contribution in [2.24, 2.45) is 5.92 Å². The zero-order valence-electron chi connectivity index (χ0n) is 17.2. The Hall–Kier alpha value is -3.48. The molecule has 1 unspecified atom stereocenters. The third-order valence-electron chi connectivity index (χ3n) is 5.54. The van der Waals surface area contributed by atoms with E-state index in [1.54, 1.807) is 4.90 Å². The third kappa shape index (κ3) is 5.17. The van der Waals surface area contributed by atoms with E-state index in [2.05, 4.69) is 10.4 Å². The smallest absolute Gasteiger partial charge is 0.253 e. The van der Waals surface area contributed by atoms with Gasteiger partial charge < -0.3 is 10.2 Å². The van der Waals surface area contributed by atoms with Gasteiger partial charge in [0.25, 0.3) is 5.91 Å². The van der Waals surface area contributed by atoms with E-state index in [9.17, 15) is 14.0 Å². The van der Waals surface area contributed by atoms with Crippen molar-refractivity contribution in [3.05, 3.63) is 83.9 Å². The molecule has 0 radical (unpaired) electrons. The summed E-state index contributed by atoms with van der Waals surface area (Å²) in [5, 5.41) is 7.37. The van der Waals surface area contributed by atoms with Gasteiger partial charge in [-0.3, -0.25) is 9.59 Å². The number of halogens is 1. The number of carbonyl (C=O) groups is 2. The standard InChI is InChI=1S/C24H25FN4O2/c25-21-10-8-19(9-11-21)24(31)28-14-4-5-20(17-28)23(30)26-13-12-18-15-27-29(16-18)22-6-2-1-3-7-22/h1-3,6-11,15-16,20H,4-5,12-14,17H2,(H,26,30). The van der Waals surface area contributed by atoms with Crippen molar-refractivity contribution in [3.8, 4) is 5.69 Å². The van der Waals surface area contributed by atoms with Gasteiger partial charge in [0.05, 0.1) is 17.8 Å². The Morgan fingerprint density at radius 1 is 1.10 bits per heavy atom. The first-order chi connectivity index (χ1) is 15.1. The molecule has 0 saturated carbocycles. The van der Waals surface area contributed by atoms with Crippen molar-refractivity contribution in [3.63, 3.8) is 0 Å². The highest BCUT2D eigenvalue weighted by Crippen LogP contribution is 2.19. The molecule has 1 saturated heterocycles. The largest absolute Gasteiger partial charge is 0.355 e. The van der Waals surface area contributed by atoms with E-state index in [1.165, 1.54) is 24.3 Å². The van der Waals surface area contributed by atoms with Crippen LogP contribution >= 0.6 is 0 Å². The summed E-state index contributed by atoms with van der Waals surface area (Å²) in [4.78, 5) is 27.0. The number of para-hydroxylation sites is 1.